The van der Waals surface area contributed by atoms with Crippen LogP contribution in [0, 0.1) is 0 Å². The first-order valence-corrected chi connectivity index (χ1v) is 5.38. The van der Waals surface area contributed by atoms with E-state index in [0.29, 0.717) is 5.69 Å². The summed E-state index contributed by atoms with van der Waals surface area (Å²) in [7, 11) is 3.21. The van der Waals surface area contributed by atoms with Crippen molar-refractivity contribution < 1.29 is 27.8 Å². The van der Waals surface area contributed by atoms with E-state index in [1.807, 2.05) is 0 Å². The SMILES string of the molecule is CN(C)c1cc(C(F)(F)F)c2cc(C(O)O)oc2c1. The molecule has 0 amide bonds. The Hall–Kier alpha value is -1.73. The smallest absolute Gasteiger partial charge is 0.417 e. The fourth-order valence-electron chi connectivity index (χ4n) is 1.76. The van der Waals surface area contributed by atoms with Crippen molar-refractivity contribution in [3.05, 3.63) is 29.5 Å². The molecule has 0 spiro atoms. The van der Waals surface area contributed by atoms with Crippen LogP contribution in [0.15, 0.2) is 22.6 Å². The molecule has 0 aliphatic carbocycles. The van der Waals surface area contributed by atoms with Gasteiger partial charge in [-0.15, -0.1) is 0 Å². The van der Waals surface area contributed by atoms with Gasteiger partial charge in [0, 0.05) is 31.2 Å². The number of aliphatic hydroxyl groups excluding tert-OH is 1. The molecule has 0 bridgehead atoms. The van der Waals surface area contributed by atoms with Crippen LogP contribution >= 0.6 is 0 Å². The van der Waals surface area contributed by atoms with E-state index in [9.17, 15) is 13.2 Å². The number of hydrogen-bond donors (Lipinski definition) is 2. The Labute approximate surface area is 106 Å². The Morgan fingerprint density at radius 3 is 2.26 bits per heavy atom. The molecule has 1 aromatic heterocycles. The van der Waals surface area contributed by atoms with Gasteiger partial charge in [0.05, 0.1) is 5.56 Å². The first-order chi connectivity index (χ1) is 8.70. The molecular weight excluding hydrogens is 263 g/mol. The highest BCUT2D eigenvalue weighted by Crippen LogP contribution is 2.39. The van der Waals surface area contributed by atoms with E-state index in [2.05, 4.69) is 0 Å². The van der Waals surface area contributed by atoms with E-state index in [1.165, 1.54) is 11.0 Å². The van der Waals surface area contributed by atoms with Crippen molar-refractivity contribution in [2.24, 2.45) is 0 Å². The van der Waals surface area contributed by atoms with E-state index in [4.69, 9.17) is 14.6 Å². The summed E-state index contributed by atoms with van der Waals surface area (Å²) in [5, 5.41) is 17.7. The van der Waals surface area contributed by atoms with Gasteiger partial charge in [-0.3, -0.25) is 0 Å². The third kappa shape index (κ3) is 2.52. The zero-order chi connectivity index (χ0) is 14.4. The average Bonchev–Trinajstić information content (AvgIpc) is 2.69. The minimum Gasteiger partial charge on any atom is -0.456 e. The normalized spacial score (nSPS) is 12.4. The molecule has 4 nitrogen and oxygen atoms in total. The molecule has 0 unspecified atom stereocenters. The van der Waals surface area contributed by atoms with Crippen molar-refractivity contribution in [2.45, 2.75) is 12.5 Å². The number of anilines is 1. The number of benzene rings is 1. The number of nitrogens with zero attached hydrogens (tertiary/aromatic N) is 1. The van der Waals surface area contributed by atoms with Crippen molar-refractivity contribution in [3.8, 4) is 0 Å². The van der Waals surface area contributed by atoms with Crippen LogP contribution in [0.3, 0.4) is 0 Å². The minimum atomic E-state index is -4.55. The Balaban J connectivity index is 2.75. The van der Waals surface area contributed by atoms with Crippen LogP contribution < -0.4 is 4.90 Å². The predicted molar refractivity (Wildman–Crippen MR) is 62.7 cm³/mol. The maximum atomic E-state index is 13.0. The molecule has 0 aliphatic rings. The van der Waals surface area contributed by atoms with Crippen LogP contribution in [0.1, 0.15) is 17.6 Å². The summed E-state index contributed by atoms with van der Waals surface area (Å²) in [6, 6.07) is 3.39. The molecule has 0 saturated carbocycles. The molecule has 19 heavy (non-hydrogen) atoms. The quantitative estimate of drug-likeness (QED) is 0.827. The minimum absolute atomic E-state index is 0.0402. The highest BCUT2D eigenvalue weighted by molar-refractivity contribution is 5.86. The lowest BCUT2D eigenvalue weighted by Crippen LogP contribution is -2.11. The summed E-state index contributed by atoms with van der Waals surface area (Å²) >= 11 is 0. The van der Waals surface area contributed by atoms with Gasteiger partial charge in [-0.25, -0.2) is 0 Å². The zero-order valence-corrected chi connectivity index (χ0v) is 10.2. The molecular formula is C12H12F3NO3. The van der Waals surface area contributed by atoms with Crippen molar-refractivity contribution in [1.29, 1.82) is 0 Å². The van der Waals surface area contributed by atoms with E-state index in [-0.39, 0.29) is 16.7 Å². The summed E-state index contributed by atoms with van der Waals surface area (Å²) < 4.78 is 44.0. The van der Waals surface area contributed by atoms with Crippen LogP contribution in [0.4, 0.5) is 18.9 Å². The fourth-order valence-corrected chi connectivity index (χ4v) is 1.76. The van der Waals surface area contributed by atoms with Gasteiger partial charge >= 0.3 is 6.18 Å². The van der Waals surface area contributed by atoms with Crippen LogP contribution in [0.25, 0.3) is 11.0 Å². The van der Waals surface area contributed by atoms with Gasteiger partial charge in [0.1, 0.15) is 5.58 Å². The first kappa shape index (κ1) is 13.7. The number of aliphatic hydroxyl groups is 2. The molecule has 1 aromatic carbocycles. The van der Waals surface area contributed by atoms with Crippen LogP contribution in [0.2, 0.25) is 0 Å². The lowest BCUT2D eigenvalue weighted by atomic mass is 10.1. The van der Waals surface area contributed by atoms with Gasteiger partial charge < -0.3 is 19.5 Å². The summed E-state index contributed by atoms with van der Waals surface area (Å²) in [4.78, 5) is 1.51. The third-order valence-corrected chi connectivity index (χ3v) is 2.72. The van der Waals surface area contributed by atoms with Crippen LogP contribution in [0.5, 0.6) is 0 Å². The van der Waals surface area contributed by atoms with Crippen LogP contribution in [-0.2, 0) is 6.18 Å². The van der Waals surface area contributed by atoms with E-state index in [1.54, 1.807) is 14.1 Å². The molecule has 7 heteroatoms. The van der Waals surface area contributed by atoms with Crippen molar-refractivity contribution in [3.63, 3.8) is 0 Å². The second-order valence-electron chi connectivity index (χ2n) is 4.32. The van der Waals surface area contributed by atoms with Crippen molar-refractivity contribution in [2.75, 3.05) is 19.0 Å². The van der Waals surface area contributed by atoms with E-state index in [0.717, 1.165) is 12.1 Å². The molecule has 0 radical (unpaired) electrons. The van der Waals surface area contributed by atoms with Gasteiger partial charge in [0.15, 0.2) is 5.76 Å². The number of alkyl halides is 3. The van der Waals surface area contributed by atoms with Gasteiger partial charge in [-0.05, 0) is 12.1 Å². The third-order valence-electron chi connectivity index (χ3n) is 2.72. The molecule has 1 heterocycles. The molecule has 2 aromatic rings. The van der Waals surface area contributed by atoms with E-state index < -0.39 is 18.0 Å². The number of furan rings is 1. The first-order valence-electron chi connectivity index (χ1n) is 5.38. The van der Waals surface area contributed by atoms with Crippen LogP contribution in [-0.4, -0.2) is 24.3 Å². The summed E-state index contributed by atoms with van der Waals surface area (Å²) in [5.74, 6) is -0.323. The Morgan fingerprint density at radius 1 is 1.16 bits per heavy atom. The predicted octanol–water partition coefficient (Wildman–Crippen LogP) is 2.50. The molecule has 0 saturated heterocycles. The Bertz CT molecular complexity index is 602. The molecule has 104 valence electrons. The number of halogens is 3. The molecule has 0 aliphatic heterocycles. The lowest BCUT2D eigenvalue weighted by molar-refractivity contribution is -0.136. The Kier molecular flexibility index (Phi) is 3.19. The number of rotatable bonds is 2. The van der Waals surface area contributed by atoms with Gasteiger partial charge in [-0.2, -0.15) is 13.2 Å². The lowest BCUT2D eigenvalue weighted by Gasteiger charge is -2.15. The monoisotopic (exact) mass is 275 g/mol. The van der Waals surface area contributed by atoms with Crippen molar-refractivity contribution in [1.82, 2.24) is 0 Å². The van der Waals surface area contributed by atoms with E-state index >= 15 is 0 Å². The molecule has 2 N–H and O–H groups in total. The standard InChI is InChI=1S/C12H12F3NO3/c1-16(2)6-3-8(12(13,14)15)7-5-10(11(17)18)19-9(7)4-6/h3-5,11,17-18H,1-2H3. The number of fused-ring (bicyclic) bond motifs is 1. The largest absolute Gasteiger partial charge is 0.456 e. The van der Waals surface area contributed by atoms with Gasteiger partial charge in [0.2, 0.25) is 6.29 Å². The van der Waals surface area contributed by atoms with Gasteiger partial charge in [-0.1, -0.05) is 0 Å². The van der Waals surface area contributed by atoms with Crippen molar-refractivity contribution >= 4 is 16.7 Å². The molecule has 0 fully saturated rings. The average molecular weight is 275 g/mol. The summed E-state index contributed by atoms with van der Waals surface area (Å²) in [6.07, 6.45) is -6.50. The fraction of sp³-hybridized carbons (Fsp3) is 0.333. The maximum absolute atomic E-state index is 13.0. The summed E-state index contributed by atoms with van der Waals surface area (Å²) in [6.45, 7) is 0. The topological polar surface area (TPSA) is 56.8 Å². The summed E-state index contributed by atoms with van der Waals surface area (Å²) in [5.41, 5.74) is -0.598. The Morgan fingerprint density at radius 2 is 1.79 bits per heavy atom. The second kappa shape index (κ2) is 4.43. The van der Waals surface area contributed by atoms with Gasteiger partial charge in [0.25, 0.3) is 0 Å². The highest BCUT2D eigenvalue weighted by atomic mass is 19.4. The highest BCUT2D eigenvalue weighted by Gasteiger charge is 2.34. The molecule has 2 rings (SSSR count). The zero-order valence-electron chi connectivity index (χ0n) is 10.2. The maximum Gasteiger partial charge on any atom is 0.417 e. The molecule has 0 atom stereocenters. The number of hydrogen-bond acceptors (Lipinski definition) is 4. The second-order valence-corrected chi connectivity index (χ2v) is 4.32.